The quantitative estimate of drug-likeness (QED) is 0.393. The van der Waals surface area contributed by atoms with Gasteiger partial charge in [0.05, 0.1) is 19.8 Å². The lowest BCUT2D eigenvalue weighted by Gasteiger charge is -2.34. The van der Waals surface area contributed by atoms with Gasteiger partial charge in [-0.3, -0.25) is 4.90 Å². The zero-order valence-corrected chi connectivity index (χ0v) is 16.4. The Bertz CT molecular complexity index is 595. The van der Waals surface area contributed by atoms with Crippen LogP contribution in [0.5, 0.6) is 0 Å². The molecule has 150 valence electrons. The van der Waals surface area contributed by atoms with Crippen LogP contribution < -0.4 is 16.0 Å². The van der Waals surface area contributed by atoms with Crippen LogP contribution in [-0.4, -0.2) is 93.4 Å². The Kier molecular flexibility index (Phi) is 7.67. The molecule has 3 N–H and O–H groups in total. The van der Waals surface area contributed by atoms with Gasteiger partial charge in [0.15, 0.2) is 5.96 Å². The first-order valence-electron chi connectivity index (χ1n) is 9.93. The highest BCUT2D eigenvalue weighted by molar-refractivity contribution is 5.77. The largest absolute Gasteiger partial charge is 0.379 e. The fourth-order valence-electron chi connectivity index (χ4n) is 3.43. The first-order chi connectivity index (χ1) is 13.2. The topological polar surface area (TPSA) is 82.2 Å². The summed E-state index contributed by atoms with van der Waals surface area (Å²) in [6.07, 6.45) is 2.91. The number of ether oxygens (including phenoxy) is 1. The molecule has 3 heterocycles. The number of aromatic nitrogens is 1. The molecule has 0 unspecified atom stereocenters. The predicted octanol–water partition coefficient (Wildman–Crippen LogP) is -0.0400. The van der Waals surface area contributed by atoms with E-state index in [2.05, 4.69) is 43.1 Å². The van der Waals surface area contributed by atoms with Gasteiger partial charge in [0.2, 0.25) is 0 Å². The molecule has 1 aromatic rings. The molecule has 0 bridgehead atoms. The Hall–Kier alpha value is -1.90. The van der Waals surface area contributed by atoms with Crippen LogP contribution in [0.15, 0.2) is 23.3 Å². The van der Waals surface area contributed by atoms with E-state index in [1.165, 1.54) is 0 Å². The minimum absolute atomic E-state index is 0.505. The number of likely N-dealkylation sites (N-methyl/N-ethyl adjacent to an activating group) is 1. The van der Waals surface area contributed by atoms with E-state index < -0.39 is 0 Å². The molecule has 0 saturated carbocycles. The summed E-state index contributed by atoms with van der Waals surface area (Å²) < 4.78 is 5.37. The number of hydrogen-bond donors (Lipinski definition) is 2. The van der Waals surface area contributed by atoms with E-state index in [4.69, 9.17) is 10.5 Å². The summed E-state index contributed by atoms with van der Waals surface area (Å²) in [5.41, 5.74) is 7.18. The van der Waals surface area contributed by atoms with Crippen LogP contribution in [0.25, 0.3) is 0 Å². The van der Waals surface area contributed by atoms with E-state index in [9.17, 15) is 0 Å². The Morgan fingerprint density at radius 1 is 1.22 bits per heavy atom. The van der Waals surface area contributed by atoms with Gasteiger partial charge in [-0.05, 0) is 26.1 Å². The van der Waals surface area contributed by atoms with Crippen molar-refractivity contribution in [1.29, 1.82) is 0 Å². The summed E-state index contributed by atoms with van der Waals surface area (Å²) >= 11 is 0. The van der Waals surface area contributed by atoms with Crippen molar-refractivity contribution in [2.75, 3.05) is 77.5 Å². The highest BCUT2D eigenvalue weighted by Crippen LogP contribution is 2.19. The molecule has 8 heteroatoms. The summed E-state index contributed by atoms with van der Waals surface area (Å²) in [6.45, 7) is 10.3. The summed E-state index contributed by atoms with van der Waals surface area (Å²) in [5, 5.41) is 3.23. The first-order valence-corrected chi connectivity index (χ1v) is 9.93. The number of nitrogens with one attached hydrogen (secondary N) is 1. The van der Waals surface area contributed by atoms with Crippen molar-refractivity contribution >= 4 is 11.8 Å². The maximum atomic E-state index is 6.05. The fourth-order valence-corrected chi connectivity index (χ4v) is 3.43. The van der Waals surface area contributed by atoms with Crippen LogP contribution in [0.1, 0.15) is 12.0 Å². The van der Waals surface area contributed by atoms with Gasteiger partial charge >= 0.3 is 0 Å². The third-order valence-corrected chi connectivity index (χ3v) is 5.15. The summed E-state index contributed by atoms with van der Waals surface area (Å²) in [5.74, 6) is 1.54. The molecule has 0 radical (unpaired) electrons. The predicted molar refractivity (Wildman–Crippen MR) is 109 cm³/mol. The lowest BCUT2D eigenvalue weighted by Crippen LogP contribution is -2.45. The number of guanidine groups is 1. The standard InChI is InChI=1S/C19H33N7O/c1-24-8-10-26(11-9-24)18-17(4-2-5-21-18)16-23-19(20)22-6-3-7-25-12-14-27-15-13-25/h2,4-5H,3,6-16H2,1H3,(H3,20,22,23). The number of nitrogens with zero attached hydrogens (tertiary/aromatic N) is 5. The summed E-state index contributed by atoms with van der Waals surface area (Å²) in [7, 11) is 2.16. The molecule has 2 saturated heterocycles. The van der Waals surface area contributed by atoms with E-state index >= 15 is 0 Å². The van der Waals surface area contributed by atoms with Gasteiger partial charge in [-0.15, -0.1) is 0 Å². The zero-order chi connectivity index (χ0) is 18.9. The number of nitrogens with two attached hydrogens (primary N) is 1. The normalized spacial score (nSPS) is 20.0. The highest BCUT2D eigenvalue weighted by atomic mass is 16.5. The molecule has 1 aromatic heterocycles. The van der Waals surface area contributed by atoms with Gasteiger partial charge < -0.3 is 25.6 Å². The molecular weight excluding hydrogens is 342 g/mol. The van der Waals surface area contributed by atoms with Crippen LogP contribution in [0.3, 0.4) is 0 Å². The van der Waals surface area contributed by atoms with Crippen LogP contribution in [0.2, 0.25) is 0 Å². The number of morpholine rings is 1. The van der Waals surface area contributed by atoms with Crippen molar-refractivity contribution < 1.29 is 4.74 Å². The smallest absolute Gasteiger partial charge is 0.188 e. The van der Waals surface area contributed by atoms with Crippen LogP contribution in [-0.2, 0) is 11.3 Å². The number of piperazine rings is 1. The third-order valence-electron chi connectivity index (χ3n) is 5.15. The molecule has 27 heavy (non-hydrogen) atoms. The van der Waals surface area contributed by atoms with Crippen LogP contribution in [0, 0.1) is 0 Å². The minimum atomic E-state index is 0.505. The van der Waals surface area contributed by atoms with Crippen molar-refractivity contribution in [3.8, 4) is 0 Å². The molecule has 3 rings (SSSR count). The van der Waals surface area contributed by atoms with Gasteiger partial charge in [-0.25, -0.2) is 9.98 Å². The van der Waals surface area contributed by atoms with E-state index in [0.29, 0.717) is 12.5 Å². The summed E-state index contributed by atoms with van der Waals surface area (Å²) in [6, 6.07) is 4.06. The van der Waals surface area contributed by atoms with Gasteiger partial charge in [-0.1, -0.05) is 6.07 Å². The fraction of sp³-hybridized carbons (Fsp3) is 0.684. The molecule has 0 aromatic carbocycles. The molecular formula is C19H33N7O. The second kappa shape index (κ2) is 10.4. The van der Waals surface area contributed by atoms with E-state index in [1.807, 2.05) is 12.3 Å². The van der Waals surface area contributed by atoms with Crippen molar-refractivity contribution in [2.24, 2.45) is 10.7 Å². The van der Waals surface area contributed by atoms with Gasteiger partial charge in [0.1, 0.15) is 5.82 Å². The van der Waals surface area contributed by atoms with Crippen LogP contribution >= 0.6 is 0 Å². The molecule has 2 aliphatic rings. The molecule has 8 nitrogen and oxygen atoms in total. The van der Waals surface area contributed by atoms with E-state index in [0.717, 1.165) is 83.4 Å². The molecule has 0 spiro atoms. The van der Waals surface area contributed by atoms with Gasteiger partial charge in [-0.2, -0.15) is 0 Å². The Morgan fingerprint density at radius 2 is 2.00 bits per heavy atom. The lowest BCUT2D eigenvalue weighted by atomic mass is 10.2. The Morgan fingerprint density at radius 3 is 2.78 bits per heavy atom. The lowest BCUT2D eigenvalue weighted by molar-refractivity contribution is 0.0376. The highest BCUT2D eigenvalue weighted by Gasteiger charge is 2.17. The average Bonchev–Trinajstić information content (AvgIpc) is 2.71. The second-order valence-corrected chi connectivity index (χ2v) is 7.21. The Labute approximate surface area is 162 Å². The molecule has 2 aliphatic heterocycles. The molecule has 0 aliphatic carbocycles. The number of rotatable bonds is 7. The van der Waals surface area contributed by atoms with Crippen molar-refractivity contribution in [3.05, 3.63) is 23.9 Å². The van der Waals surface area contributed by atoms with Gasteiger partial charge in [0.25, 0.3) is 0 Å². The number of pyridine rings is 1. The van der Waals surface area contributed by atoms with Crippen molar-refractivity contribution in [1.82, 2.24) is 20.1 Å². The van der Waals surface area contributed by atoms with Gasteiger partial charge in [0, 0.05) is 57.6 Å². The zero-order valence-electron chi connectivity index (χ0n) is 16.4. The Balaban J connectivity index is 1.44. The maximum absolute atomic E-state index is 6.05. The first kappa shape index (κ1) is 19.9. The maximum Gasteiger partial charge on any atom is 0.188 e. The van der Waals surface area contributed by atoms with Crippen molar-refractivity contribution in [3.63, 3.8) is 0 Å². The van der Waals surface area contributed by atoms with E-state index in [1.54, 1.807) is 0 Å². The number of hydrogen-bond acceptors (Lipinski definition) is 6. The molecule has 0 atom stereocenters. The summed E-state index contributed by atoms with van der Waals surface area (Å²) in [4.78, 5) is 16.2. The number of aliphatic imine (C=N–C) groups is 1. The number of anilines is 1. The SMILES string of the molecule is CN1CCN(c2ncccc2CN=C(N)NCCCN2CCOCC2)CC1. The second-order valence-electron chi connectivity index (χ2n) is 7.21. The molecule has 0 amide bonds. The minimum Gasteiger partial charge on any atom is -0.379 e. The van der Waals surface area contributed by atoms with E-state index in [-0.39, 0.29) is 0 Å². The monoisotopic (exact) mass is 375 g/mol. The molecule has 2 fully saturated rings. The van der Waals surface area contributed by atoms with Crippen LogP contribution in [0.4, 0.5) is 5.82 Å². The van der Waals surface area contributed by atoms with Crippen molar-refractivity contribution in [2.45, 2.75) is 13.0 Å². The third kappa shape index (κ3) is 6.34. The average molecular weight is 376 g/mol.